The lowest BCUT2D eigenvalue weighted by Crippen LogP contribution is -2.36. The first kappa shape index (κ1) is 21.7. The van der Waals surface area contributed by atoms with E-state index in [-0.39, 0.29) is 5.91 Å². The van der Waals surface area contributed by atoms with Gasteiger partial charge in [0.05, 0.1) is 11.4 Å². The Morgan fingerprint density at radius 2 is 1.76 bits per heavy atom. The molecule has 6 nitrogen and oxygen atoms in total. The Morgan fingerprint density at radius 3 is 2.53 bits per heavy atom. The smallest absolute Gasteiger partial charge is 0.251 e. The minimum Gasteiger partial charge on any atom is -0.313 e. The predicted octanol–water partition coefficient (Wildman–Crippen LogP) is 6.86. The third-order valence-corrected chi connectivity index (χ3v) is 6.25. The fourth-order valence-electron chi connectivity index (χ4n) is 4.30. The van der Waals surface area contributed by atoms with Gasteiger partial charge < -0.3 is 4.90 Å². The van der Waals surface area contributed by atoms with Gasteiger partial charge in [0.2, 0.25) is 0 Å². The first-order chi connectivity index (χ1) is 16.5. The molecule has 0 bridgehead atoms. The Balaban J connectivity index is 1.62. The molecule has 1 aliphatic rings. The molecular weight excluding hydrogens is 446 g/mol. The molecule has 1 heterocycles. The maximum Gasteiger partial charge on any atom is 0.251 e. The average molecular weight is 466 g/mol. The van der Waals surface area contributed by atoms with Gasteiger partial charge in [-0.2, -0.15) is 0 Å². The van der Waals surface area contributed by atoms with Crippen LogP contribution in [0.5, 0.6) is 0 Å². The second-order valence-electron chi connectivity index (χ2n) is 8.17. The van der Waals surface area contributed by atoms with Crippen LogP contribution in [0.3, 0.4) is 0 Å². The van der Waals surface area contributed by atoms with Crippen LogP contribution in [0.25, 0.3) is 21.2 Å². The van der Waals surface area contributed by atoms with Crippen molar-refractivity contribution in [2.24, 2.45) is 10.1 Å². The lowest BCUT2D eigenvalue weighted by molar-refractivity contribution is -0.119. The number of anilines is 1. The number of rotatable bonds is 4. The van der Waals surface area contributed by atoms with Gasteiger partial charge in [-0.1, -0.05) is 83.4 Å². The summed E-state index contributed by atoms with van der Waals surface area (Å²) < 4.78 is 0. The normalized spacial score (nSPS) is 15.4. The van der Waals surface area contributed by atoms with Gasteiger partial charge in [0.15, 0.2) is 0 Å². The number of aliphatic imine (C=N–C) groups is 1. The highest BCUT2D eigenvalue weighted by molar-refractivity contribution is 6.32. The summed E-state index contributed by atoms with van der Waals surface area (Å²) in [4.78, 5) is 23.0. The molecule has 34 heavy (non-hydrogen) atoms. The monoisotopic (exact) mass is 465 g/mol. The summed E-state index contributed by atoms with van der Waals surface area (Å²) in [5.74, 6) is -0.0857. The highest BCUT2D eigenvalue weighted by Gasteiger charge is 2.30. The number of hydrogen-bond acceptors (Lipinski definition) is 3. The minimum atomic E-state index is -0.607. The lowest BCUT2D eigenvalue weighted by Gasteiger charge is -2.20. The summed E-state index contributed by atoms with van der Waals surface area (Å²) in [6.07, 6.45) is 0.468. The Bertz CT molecular complexity index is 1490. The molecule has 0 radical (unpaired) electrons. The molecule has 5 rings (SSSR count). The molecule has 1 atom stereocenters. The van der Waals surface area contributed by atoms with Crippen molar-refractivity contribution >= 4 is 45.4 Å². The standard InChI is InChI=1S/C27H20ClN5O/c1-33-25-13-10-21(28)16-23(25)26(19-8-11-22(12-9-19)31-32-29)30-24(27(33)34)15-17-6-7-18-4-2-3-5-20(18)14-17/h2-14,16,24H,15H2,1H3. The van der Waals surface area contributed by atoms with Crippen molar-refractivity contribution in [1.82, 2.24) is 0 Å². The number of halogens is 1. The molecule has 1 aliphatic heterocycles. The van der Waals surface area contributed by atoms with Gasteiger partial charge in [0.25, 0.3) is 5.91 Å². The zero-order valence-corrected chi connectivity index (χ0v) is 19.1. The molecule has 0 fully saturated rings. The number of benzene rings is 4. The number of azide groups is 1. The Hall–Kier alpha value is -4.12. The van der Waals surface area contributed by atoms with Gasteiger partial charge in [-0.25, -0.2) is 0 Å². The van der Waals surface area contributed by atoms with Crippen LogP contribution < -0.4 is 4.90 Å². The van der Waals surface area contributed by atoms with Crippen molar-refractivity contribution in [3.05, 3.63) is 117 Å². The van der Waals surface area contributed by atoms with E-state index in [0.29, 0.717) is 22.8 Å². The summed E-state index contributed by atoms with van der Waals surface area (Å²) in [5, 5.41) is 6.49. The van der Waals surface area contributed by atoms with E-state index >= 15 is 0 Å². The SMILES string of the molecule is CN1C(=O)C(Cc2ccc3ccccc3c2)N=C(c2ccc(N=[N+]=[N-])cc2)c2cc(Cl)ccc21. The molecule has 1 unspecified atom stereocenters. The van der Waals surface area contributed by atoms with E-state index in [1.807, 2.05) is 42.5 Å². The lowest BCUT2D eigenvalue weighted by atomic mass is 9.99. The van der Waals surface area contributed by atoms with Crippen molar-refractivity contribution in [2.45, 2.75) is 12.5 Å². The van der Waals surface area contributed by atoms with Gasteiger partial charge in [0, 0.05) is 40.2 Å². The van der Waals surface area contributed by atoms with Gasteiger partial charge >= 0.3 is 0 Å². The van der Waals surface area contributed by atoms with Crippen molar-refractivity contribution in [1.29, 1.82) is 0 Å². The van der Waals surface area contributed by atoms with Gasteiger partial charge in [-0.05, 0) is 40.1 Å². The van der Waals surface area contributed by atoms with E-state index in [0.717, 1.165) is 33.2 Å². The zero-order valence-electron chi connectivity index (χ0n) is 18.4. The topological polar surface area (TPSA) is 81.4 Å². The number of likely N-dealkylation sites (N-methyl/N-ethyl adjacent to an activating group) is 1. The second kappa shape index (κ2) is 9.02. The molecule has 0 saturated heterocycles. The van der Waals surface area contributed by atoms with Gasteiger partial charge in [0.1, 0.15) is 6.04 Å². The van der Waals surface area contributed by atoms with E-state index in [1.165, 1.54) is 0 Å². The van der Waals surface area contributed by atoms with Crippen LogP contribution in [0.1, 0.15) is 16.7 Å². The highest BCUT2D eigenvalue weighted by atomic mass is 35.5. The molecule has 0 N–H and O–H groups in total. The van der Waals surface area contributed by atoms with Crippen LogP contribution in [0.2, 0.25) is 5.02 Å². The third-order valence-electron chi connectivity index (χ3n) is 6.02. The van der Waals surface area contributed by atoms with Crippen molar-refractivity contribution in [3.8, 4) is 0 Å². The molecule has 4 aromatic carbocycles. The number of carbonyl (C=O) groups is 1. The number of nitrogens with zero attached hydrogens (tertiary/aromatic N) is 5. The first-order valence-corrected chi connectivity index (χ1v) is 11.2. The summed E-state index contributed by atoms with van der Waals surface area (Å²) in [6, 6.07) is 26.4. The number of hydrogen-bond donors (Lipinski definition) is 0. The fraction of sp³-hybridized carbons (Fsp3) is 0.111. The zero-order chi connectivity index (χ0) is 23.7. The number of fused-ring (bicyclic) bond motifs is 2. The Labute approximate surface area is 201 Å². The molecule has 0 aliphatic carbocycles. The van der Waals surface area contributed by atoms with E-state index in [1.54, 1.807) is 30.1 Å². The van der Waals surface area contributed by atoms with Crippen LogP contribution in [0.4, 0.5) is 11.4 Å². The average Bonchev–Trinajstić information content (AvgIpc) is 2.95. The summed E-state index contributed by atoms with van der Waals surface area (Å²) in [5.41, 5.74) is 13.3. The van der Waals surface area contributed by atoms with Gasteiger partial charge in [-0.15, -0.1) is 0 Å². The summed E-state index contributed by atoms with van der Waals surface area (Å²) in [6.45, 7) is 0. The molecule has 0 aromatic heterocycles. The number of carbonyl (C=O) groups excluding carboxylic acids is 1. The molecular formula is C27H20ClN5O. The maximum absolute atomic E-state index is 13.5. The molecule has 4 aromatic rings. The predicted molar refractivity (Wildman–Crippen MR) is 137 cm³/mol. The molecule has 166 valence electrons. The fourth-order valence-corrected chi connectivity index (χ4v) is 4.47. The number of amides is 1. The summed E-state index contributed by atoms with van der Waals surface area (Å²) >= 11 is 6.34. The minimum absolute atomic E-state index is 0.0857. The van der Waals surface area contributed by atoms with Crippen LogP contribution in [0.15, 0.2) is 95.0 Å². The maximum atomic E-state index is 13.5. The largest absolute Gasteiger partial charge is 0.313 e. The Morgan fingerprint density at radius 1 is 1.00 bits per heavy atom. The van der Waals surface area contributed by atoms with E-state index in [9.17, 15) is 4.79 Å². The van der Waals surface area contributed by atoms with Crippen LogP contribution in [0, 0.1) is 0 Å². The van der Waals surface area contributed by atoms with Crippen molar-refractivity contribution in [2.75, 3.05) is 11.9 Å². The van der Waals surface area contributed by atoms with Crippen LogP contribution >= 0.6 is 11.6 Å². The summed E-state index contributed by atoms with van der Waals surface area (Å²) in [7, 11) is 1.77. The molecule has 0 spiro atoms. The van der Waals surface area contributed by atoms with E-state index < -0.39 is 6.04 Å². The number of benzodiazepines with no additional fused rings is 1. The third kappa shape index (κ3) is 4.13. The van der Waals surface area contributed by atoms with Crippen LogP contribution in [-0.4, -0.2) is 24.7 Å². The first-order valence-electron chi connectivity index (χ1n) is 10.8. The van der Waals surface area contributed by atoms with Crippen molar-refractivity contribution < 1.29 is 4.79 Å². The molecule has 7 heteroatoms. The van der Waals surface area contributed by atoms with E-state index in [4.69, 9.17) is 22.1 Å². The quantitative estimate of drug-likeness (QED) is 0.184. The molecule has 0 saturated carbocycles. The molecule has 1 amide bonds. The van der Waals surface area contributed by atoms with Crippen LogP contribution in [-0.2, 0) is 11.2 Å². The van der Waals surface area contributed by atoms with Gasteiger partial charge in [-0.3, -0.25) is 9.79 Å². The van der Waals surface area contributed by atoms with Crippen molar-refractivity contribution in [3.63, 3.8) is 0 Å². The Kier molecular flexibility index (Phi) is 5.76. The van der Waals surface area contributed by atoms with E-state index in [2.05, 4.69) is 34.3 Å². The highest BCUT2D eigenvalue weighted by Crippen LogP contribution is 2.31. The second-order valence-corrected chi connectivity index (χ2v) is 8.61.